The van der Waals surface area contributed by atoms with Gasteiger partial charge < -0.3 is 10.0 Å². The minimum atomic E-state index is 0.00281. The van der Waals surface area contributed by atoms with E-state index in [1.54, 1.807) is 6.07 Å². The van der Waals surface area contributed by atoms with Gasteiger partial charge in [-0.25, -0.2) is 0 Å². The number of hydrogen-bond acceptors (Lipinski definition) is 4. The molecule has 1 unspecified atom stereocenters. The molecular formula is C27H37N3O2. The van der Waals surface area contributed by atoms with E-state index in [0.29, 0.717) is 30.7 Å². The molecule has 3 atom stereocenters. The molecule has 0 radical (unpaired) electrons. The van der Waals surface area contributed by atoms with Crippen molar-refractivity contribution in [3.05, 3.63) is 77.9 Å². The van der Waals surface area contributed by atoms with E-state index in [9.17, 15) is 9.90 Å². The van der Waals surface area contributed by atoms with Gasteiger partial charge in [0.2, 0.25) is 0 Å². The van der Waals surface area contributed by atoms with E-state index in [1.807, 2.05) is 49.1 Å². The van der Waals surface area contributed by atoms with Gasteiger partial charge in [-0.3, -0.25) is 14.6 Å². The molecule has 1 heterocycles. The smallest absolute Gasteiger partial charge is 0.253 e. The van der Waals surface area contributed by atoms with Gasteiger partial charge in [0.25, 0.3) is 5.91 Å². The number of nitrogens with zero attached hydrogens (tertiary/aromatic N) is 3. The van der Waals surface area contributed by atoms with Gasteiger partial charge in [-0.2, -0.15) is 0 Å². The minimum Gasteiger partial charge on any atom is -0.508 e. The number of piperazine rings is 1. The fraction of sp³-hybridized carbons (Fsp3) is 0.444. The van der Waals surface area contributed by atoms with Crippen LogP contribution in [0.4, 0.5) is 0 Å². The summed E-state index contributed by atoms with van der Waals surface area (Å²) >= 11 is 0. The summed E-state index contributed by atoms with van der Waals surface area (Å²) in [6.07, 6.45) is 1.97. The maximum Gasteiger partial charge on any atom is 0.253 e. The zero-order chi connectivity index (χ0) is 23.3. The van der Waals surface area contributed by atoms with Crippen LogP contribution in [-0.4, -0.2) is 70.5 Å². The standard InChI is InChI=1S/C27H37N3O2/c1-6-16-29-18-21(5)30(19-20(29)4)26(24-10-9-11-25(31)17-24)22-12-14-23(15-13-22)27(32)28(7-2)8-3/h6,9-15,17,20-21,26,31H,1,7-8,16,18-19H2,2-5H3/t20-,21+,26?/m1/s1. The molecule has 0 aromatic heterocycles. The predicted octanol–water partition coefficient (Wildman–Crippen LogP) is 4.54. The third-order valence-electron chi connectivity index (χ3n) is 6.57. The Bertz CT molecular complexity index is 907. The zero-order valence-corrected chi connectivity index (χ0v) is 19.9. The van der Waals surface area contributed by atoms with E-state index >= 15 is 0 Å². The van der Waals surface area contributed by atoms with Crippen molar-refractivity contribution in [2.24, 2.45) is 0 Å². The molecule has 32 heavy (non-hydrogen) atoms. The molecule has 0 saturated carbocycles. The molecule has 0 spiro atoms. The Morgan fingerprint density at radius 2 is 1.78 bits per heavy atom. The van der Waals surface area contributed by atoms with Gasteiger partial charge in [0.15, 0.2) is 0 Å². The molecule has 5 nitrogen and oxygen atoms in total. The average Bonchev–Trinajstić information content (AvgIpc) is 2.78. The molecule has 2 aromatic rings. The van der Waals surface area contributed by atoms with Gasteiger partial charge in [0.05, 0.1) is 6.04 Å². The molecule has 1 saturated heterocycles. The summed E-state index contributed by atoms with van der Waals surface area (Å²) in [5, 5.41) is 10.2. The summed E-state index contributed by atoms with van der Waals surface area (Å²) in [6, 6.07) is 16.3. The molecule has 0 bridgehead atoms. The fourth-order valence-corrected chi connectivity index (χ4v) is 4.78. The van der Waals surface area contributed by atoms with Gasteiger partial charge in [-0.05, 0) is 63.1 Å². The molecule has 1 fully saturated rings. The van der Waals surface area contributed by atoms with Crippen LogP contribution in [0, 0.1) is 0 Å². The molecule has 2 aromatic carbocycles. The van der Waals surface area contributed by atoms with Crippen molar-refractivity contribution >= 4 is 5.91 Å². The first-order valence-electron chi connectivity index (χ1n) is 11.7. The van der Waals surface area contributed by atoms with Crippen molar-refractivity contribution in [3.8, 4) is 5.75 Å². The molecule has 1 N–H and O–H groups in total. The summed E-state index contributed by atoms with van der Waals surface area (Å²) in [5.41, 5.74) is 2.90. The highest BCUT2D eigenvalue weighted by atomic mass is 16.3. The molecule has 1 aliphatic rings. The van der Waals surface area contributed by atoms with Gasteiger partial charge in [-0.15, -0.1) is 6.58 Å². The van der Waals surface area contributed by atoms with Crippen molar-refractivity contribution in [2.45, 2.75) is 45.8 Å². The molecule has 5 heteroatoms. The number of benzene rings is 2. The monoisotopic (exact) mass is 435 g/mol. The van der Waals surface area contributed by atoms with Crippen LogP contribution in [0.3, 0.4) is 0 Å². The molecule has 3 rings (SSSR count). The largest absolute Gasteiger partial charge is 0.508 e. The van der Waals surface area contributed by atoms with E-state index in [2.05, 4.69) is 48.4 Å². The topological polar surface area (TPSA) is 47.0 Å². The first-order valence-corrected chi connectivity index (χ1v) is 11.7. The molecule has 0 aliphatic carbocycles. The lowest BCUT2D eigenvalue weighted by Gasteiger charge is -2.47. The lowest BCUT2D eigenvalue weighted by molar-refractivity contribution is 0.0306. The number of hydrogen-bond donors (Lipinski definition) is 1. The van der Waals surface area contributed by atoms with E-state index in [1.165, 1.54) is 0 Å². The number of rotatable bonds is 8. The van der Waals surface area contributed by atoms with Crippen LogP contribution < -0.4 is 0 Å². The van der Waals surface area contributed by atoms with Gasteiger partial charge in [0.1, 0.15) is 5.75 Å². The van der Waals surface area contributed by atoms with Crippen LogP contribution in [0.25, 0.3) is 0 Å². The average molecular weight is 436 g/mol. The molecular weight excluding hydrogens is 398 g/mol. The van der Waals surface area contributed by atoms with Crippen molar-refractivity contribution in [1.82, 2.24) is 14.7 Å². The van der Waals surface area contributed by atoms with E-state index in [0.717, 1.165) is 30.8 Å². The van der Waals surface area contributed by atoms with E-state index in [-0.39, 0.29) is 17.7 Å². The lowest BCUT2D eigenvalue weighted by Crippen LogP contribution is -2.57. The number of carbonyl (C=O) groups is 1. The number of phenols is 1. The Labute approximate surface area is 193 Å². The molecule has 1 aliphatic heterocycles. The summed E-state index contributed by atoms with van der Waals surface area (Å²) in [4.78, 5) is 19.6. The number of phenolic OH excluding ortho intramolecular Hbond substituents is 1. The predicted molar refractivity (Wildman–Crippen MR) is 131 cm³/mol. The van der Waals surface area contributed by atoms with Gasteiger partial charge in [0, 0.05) is 50.4 Å². The SMILES string of the molecule is C=CCN1C[C@H](C)N(C(c2ccc(C(=O)N(CC)CC)cc2)c2cccc(O)c2)C[C@H]1C. The first kappa shape index (κ1) is 24.0. The number of amides is 1. The van der Waals surface area contributed by atoms with Crippen LogP contribution in [-0.2, 0) is 0 Å². The summed E-state index contributed by atoms with van der Waals surface area (Å²) in [7, 11) is 0. The second-order valence-corrected chi connectivity index (χ2v) is 8.73. The van der Waals surface area contributed by atoms with Crippen molar-refractivity contribution in [3.63, 3.8) is 0 Å². The Morgan fingerprint density at radius 3 is 2.38 bits per heavy atom. The van der Waals surface area contributed by atoms with Crippen LogP contribution in [0.1, 0.15) is 55.2 Å². The van der Waals surface area contributed by atoms with Crippen LogP contribution in [0.2, 0.25) is 0 Å². The van der Waals surface area contributed by atoms with Crippen LogP contribution in [0.5, 0.6) is 5.75 Å². The highest BCUT2D eigenvalue weighted by Crippen LogP contribution is 2.34. The first-order chi connectivity index (χ1) is 15.4. The van der Waals surface area contributed by atoms with Gasteiger partial charge >= 0.3 is 0 Å². The second-order valence-electron chi connectivity index (χ2n) is 8.73. The third kappa shape index (κ3) is 5.22. The van der Waals surface area contributed by atoms with Crippen LogP contribution in [0.15, 0.2) is 61.2 Å². The summed E-state index contributed by atoms with van der Waals surface area (Å²) in [6.45, 7) is 16.6. The highest BCUT2D eigenvalue weighted by Gasteiger charge is 2.34. The lowest BCUT2D eigenvalue weighted by atomic mass is 9.92. The number of aromatic hydroxyl groups is 1. The molecule has 172 valence electrons. The fourth-order valence-electron chi connectivity index (χ4n) is 4.78. The highest BCUT2D eigenvalue weighted by molar-refractivity contribution is 5.94. The second kappa shape index (κ2) is 10.8. The minimum absolute atomic E-state index is 0.00281. The normalized spacial score (nSPS) is 20.6. The third-order valence-corrected chi connectivity index (χ3v) is 6.57. The van der Waals surface area contributed by atoms with Gasteiger partial charge in [-0.1, -0.05) is 30.3 Å². The maximum atomic E-state index is 12.8. The Kier molecular flexibility index (Phi) is 8.10. The Balaban J connectivity index is 1.96. The molecule has 1 amide bonds. The Hall–Kier alpha value is -2.63. The maximum absolute atomic E-state index is 12.8. The zero-order valence-electron chi connectivity index (χ0n) is 19.9. The summed E-state index contributed by atoms with van der Waals surface area (Å²) < 4.78 is 0. The van der Waals surface area contributed by atoms with Crippen LogP contribution >= 0.6 is 0 Å². The summed E-state index contributed by atoms with van der Waals surface area (Å²) in [5.74, 6) is 0.335. The van der Waals surface area contributed by atoms with Crippen molar-refractivity contribution < 1.29 is 9.90 Å². The quantitative estimate of drug-likeness (QED) is 0.618. The van der Waals surface area contributed by atoms with E-state index in [4.69, 9.17) is 0 Å². The van der Waals surface area contributed by atoms with E-state index < -0.39 is 0 Å². The Morgan fingerprint density at radius 1 is 1.09 bits per heavy atom. The van der Waals surface area contributed by atoms with Crippen molar-refractivity contribution in [1.29, 1.82) is 0 Å². The van der Waals surface area contributed by atoms with Crippen molar-refractivity contribution in [2.75, 3.05) is 32.7 Å². The number of carbonyl (C=O) groups excluding carboxylic acids is 1.